The molecule has 3 saturated heterocycles. The molecule has 0 bridgehead atoms. The number of hydrogen-bond acceptors (Lipinski definition) is 14. The largest absolute Gasteiger partial charge is 0.475 e. The van der Waals surface area contributed by atoms with E-state index in [1.165, 1.54) is 29.0 Å². The van der Waals surface area contributed by atoms with Crippen LogP contribution < -0.4 is 31.1 Å². The van der Waals surface area contributed by atoms with E-state index in [0.29, 0.717) is 16.6 Å². The number of amides is 2. The van der Waals surface area contributed by atoms with Gasteiger partial charge in [-0.3, -0.25) is 9.59 Å². The van der Waals surface area contributed by atoms with Crippen LogP contribution >= 0.6 is 31.9 Å². The first-order valence-corrected chi connectivity index (χ1v) is 27.7. The number of carbonyl (C=O) groups is 3. The summed E-state index contributed by atoms with van der Waals surface area (Å²) in [5.41, 5.74) is 14.4. The van der Waals surface area contributed by atoms with Crippen molar-refractivity contribution in [3.05, 3.63) is 197 Å². The molecule has 2 amide bonds. The first kappa shape index (κ1) is 54.7. The molecule has 8 aromatic heterocycles. The number of hydrogen-bond donors (Lipinski definition) is 4. The first-order chi connectivity index (χ1) is 38.8. The number of carbonyl (C=O) groups excluding carboxylic acids is 2. The van der Waals surface area contributed by atoms with E-state index < -0.39 is 5.97 Å². The molecule has 0 radical (unpaired) electrons. The molecule has 408 valence electrons. The second kappa shape index (κ2) is 25.0. The second-order valence-electron chi connectivity index (χ2n) is 19.6. The number of nitrogens with one attached hydrogen (secondary N) is 2. The van der Waals surface area contributed by atoms with E-state index in [4.69, 9.17) is 10.8 Å². The predicted molar refractivity (Wildman–Crippen MR) is 314 cm³/mol. The van der Waals surface area contributed by atoms with Crippen LogP contribution in [-0.4, -0.2) is 128 Å². The fraction of sp³-hybridized carbons (Fsp3) is 0.241. The maximum Gasteiger partial charge on any atom is 0.373 e. The highest BCUT2D eigenvalue weighted by Crippen LogP contribution is 2.28. The van der Waals surface area contributed by atoms with E-state index in [1.54, 1.807) is 12.4 Å². The van der Waals surface area contributed by atoms with Gasteiger partial charge in [0.15, 0.2) is 17.5 Å². The summed E-state index contributed by atoms with van der Waals surface area (Å²) in [5.74, 6) is 1.61. The zero-order valence-corrected chi connectivity index (χ0v) is 47.1. The van der Waals surface area contributed by atoms with E-state index in [-0.39, 0.29) is 41.6 Å². The van der Waals surface area contributed by atoms with Crippen molar-refractivity contribution < 1.29 is 19.5 Å². The lowest BCUT2D eigenvalue weighted by Gasteiger charge is -2.19. The van der Waals surface area contributed by atoms with Crippen molar-refractivity contribution in [1.82, 2.24) is 58.7 Å². The zero-order chi connectivity index (χ0) is 55.7. The smallest absolute Gasteiger partial charge is 0.373 e. The van der Waals surface area contributed by atoms with E-state index in [1.807, 2.05) is 110 Å². The molecular weight excluding hydrogens is 1140 g/mol. The van der Waals surface area contributed by atoms with Crippen molar-refractivity contribution in [2.24, 2.45) is 5.73 Å². The minimum atomic E-state index is -1.12. The summed E-state index contributed by atoms with van der Waals surface area (Å²) in [7, 11) is 0. The van der Waals surface area contributed by atoms with Crippen LogP contribution in [0.5, 0.6) is 0 Å². The Kier molecular flexibility index (Phi) is 17.1. The molecule has 3 fully saturated rings. The fourth-order valence-electron chi connectivity index (χ4n) is 9.95. The molecule has 3 aliphatic rings. The van der Waals surface area contributed by atoms with Crippen LogP contribution in [0.4, 0.5) is 17.5 Å². The van der Waals surface area contributed by atoms with Crippen molar-refractivity contribution in [2.75, 3.05) is 54.0 Å². The van der Waals surface area contributed by atoms with Crippen molar-refractivity contribution in [3.8, 4) is 11.1 Å². The van der Waals surface area contributed by atoms with Crippen molar-refractivity contribution in [3.63, 3.8) is 0 Å². The average Bonchev–Trinajstić information content (AvgIpc) is 4.53. The fourth-order valence-corrected chi connectivity index (χ4v) is 10.4. The highest BCUT2D eigenvalue weighted by atomic mass is 79.9. The molecule has 5 N–H and O–H groups in total. The van der Waals surface area contributed by atoms with Crippen LogP contribution in [-0.2, 0) is 0 Å². The monoisotopic (exact) mass is 1200 g/mol. The van der Waals surface area contributed by atoms with E-state index in [9.17, 15) is 14.4 Å². The van der Waals surface area contributed by atoms with Gasteiger partial charge < -0.3 is 49.4 Å². The number of benzene rings is 2. The molecule has 20 nitrogen and oxygen atoms in total. The molecule has 11 heterocycles. The summed E-state index contributed by atoms with van der Waals surface area (Å²) in [4.78, 5) is 71.1. The molecule has 10 aromatic rings. The number of anilines is 3. The number of fused-ring (bicyclic) bond motifs is 3. The van der Waals surface area contributed by atoms with Crippen LogP contribution in [0.3, 0.4) is 0 Å². The predicted octanol–water partition coefficient (Wildman–Crippen LogP) is 8.33. The molecule has 13 rings (SSSR count). The number of nitrogens with two attached hydrogens (primary N) is 1. The topological polar surface area (TPSA) is 235 Å². The Hall–Kier alpha value is -8.60. The number of halogens is 2. The van der Waals surface area contributed by atoms with Crippen LogP contribution in [0.25, 0.3) is 27.7 Å². The summed E-state index contributed by atoms with van der Waals surface area (Å²) >= 11 is 6.46. The highest BCUT2D eigenvalue weighted by Gasteiger charge is 2.29. The Morgan fingerprint density at radius 2 is 1.05 bits per heavy atom. The molecule has 0 unspecified atom stereocenters. The lowest BCUT2D eigenvalue weighted by atomic mass is 10.1. The van der Waals surface area contributed by atoms with E-state index >= 15 is 0 Å². The van der Waals surface area contributed by atoms with Crippen LogP contribution in [0.15, 0.2) is 168 Å². The van der Waals surface area contributed by atoms with Crippen molar-refractivity contribution in [1.29, 1.82) is 0 Å². The molecule has 2 aromatic carbocycles. The third-order valence-electron chi connectivity index (χ3n) is 14.0. The second-order valence-corrected chi connectivity index (χ2v) is 21.4. The van der Waals surface area contributed by atoms with Gasteiger partial charge in [-0.15, -0.1) is 0 Å². The number of aryl methyl sites for hydroxylation is 2. The van der Waals surface area contributed by atoms with Gasteiger partial charge in [0, 0.05) is 154 Å². The van der Waals surface area contributed by atoms with Crippen LogP contribution in [0.1, 0.15) is 62.0 Å². The summed E-state index contributed by atoms with van der Waals surface area (Å²) in [6.07, 6.45) is 26.5. The Bertz CT molecular complexity index is 3740. The Balaban J connectivity index is 0.000000128. The molecule has 22 heteroatoms. The molecule has 80 heavy (non-hydrogen) atoms. The molecule has 0 saturated carbocycles. The third-order valence-corrected chi connectivity index (χ3v) is 14.9. The molecule has 0 spiro atoms. The van der Waals surface area contributed by atoms with Gasteiger partial charge in [0.25, 0.3) is 11.8 Å². The van der Waals surface area contributed by atoms with E-state index in [0.717, 1.165) is 96.1 Å². The lowest BCUT2D eigenvalue weighted by Crippen LogP contribution is -2.38. The minimum absolute atomic E-state index is 0.0248. The molecule has 3 atom stereocenters. The van der Waals surface area contributed by atoms with Crippen LogP contribution in [0.2, 0.25) is 0 Å². The maximum atomic E-state index is 12.6. The highest BCUT2D eigenvalue weighted by molar-refractivity contribution is 9.10. The summed E-state index contributed by atoms with van der Waals surface area (Å²) in [6.45, 7) is 9.36. The van der Waals surface area contributed by atoms with Crippen molar-refractivity contribution >= 4 is 83.6 Å². The number of rotatable bonds is 9. The number of carboxylic acids is 1. The standard InChI is InChI=1S/C23H22N6O.C18H17BrN4O.C12H16N4.C5H3BrN2O2/c1-16-7-10-28-12-9-24-22(20(16)28)29-11-8-19(15-29)27-23(30)21-25-13-18(14-26-21)17-5-3-2-4-6-17;19-14-5-3-13(4-6-14)18(24)21-15-7-10-23(12-15)17-16-2-1-9-22(16)11-8-20-17;1-9-2-5-15-7-4-14-12(11(9)15)16-6-3-10(13)8-16;6-3-1-7-4(5(9)10)8-2-3/h2-7,9-10,12-14,19H,8,11,15H2,1H3,(H,27,30);1-6,8-9,11,15H,7,10,12H2,(H,21,24);2,4-5,7,10H,3,6,8,13H2,1H3;1-2H,(H,9,10)/t19-;15-;10-;/m000./s1. The first-order valence-electron chi connectivity index (χ1n) is 26.1. The van der Waals surface area contributed by atoms with Gasteiger partial charge in [0.05, 0.1) is 21.0 Å². The number of carboxylic acid groups (broad SMARTS) is 1. The minimum Gasteiger partial charge on any atom is -0.475 e. The van der Waals surface area contributed by atoms with Crippen LogP contribution in [0, 0.1) is 13.8 Å². The quantitative estimate of drug-likeness (QED) is 0.106. The van der Waals surface area contributed by atoms with Gasteiger partial charge in [0.1, 0.15) is 0 Å². The van der Waals surface area contributed by atoms with Gasteiger partial charge >= 0.3 is 5.97 Å². The summed E-state index contributed by atoms with van der Waals surface area (Å²) < 4.78 is 7.92. The molecule has 0 aliphatic carbocycles. The Morgan fingerprint density at radius 1 is 0.525 bits per heavy atom. The SMILES string of the molecule is Cc1ccn2ccnc(N3CC[C@H](N)C3)c12.Cc1ccn2ccnc(N3CC[C@H](NC(=O)c4ncc(-c5ccccc5)cn4)C3)c12.O=C(N[C@H]1CCN(c2nccn3cccc23)C1)c1ccc(Br)cc1.O=C(O)c1ncc(Br)cn1. The third kappa shape index (κ3) is 12.9. The van der Waals surface area contributed by atoms with Gasteiger partial charge in [-0.05, 0) is 114 Å². The van der Waals surface area contributed by atoms with Gasteiger partial charge in [-0.25, -0.2) is 39.7 Å². The van der Waals surface area contributed by atoms with Gasteiger partial charge in [0.2, 0.25) is 11.6 Å². The van der Waals surface area contributed by atoms with E-state index in [2.05, 4.69) is 144 Å². The maximum absolute atomic E-state index is 12.6. The Labute approximate surface area is 478 Å². The summed E-state index contributed by atoms with van der Waals surface area (Å²) in [5, 5.41) is 14.5. The summed E-state index contributed by atoms with van der Waals surface area (Å²) in [6, 6.07) is 26.1. The van der Waals surface area contributed by atoms with Gasteiger partial charge in [-0.1, -0.05) is 46.3 Å². The average molecular weight is 1200 g/mol. The number of aromatic carboxylic acids is 1. The van der Waals surface area contributed by atoms with Crippen molar-refractivity contribution in [2.45, 2.75) is 51.2 Å². The Morgan fingerprint density at radius 3 is 1.62 bits per heavy atom. The number of nitrogens with zero attached hydrogens (tertiary/aromatic N) is 13. The molecular formula is C58H58Br2N16O4. The number of aromatic nitrogens is 10. The zero-order valence-electron chi connectivity index (χ0n) is 43.9. The normalized spacial score (nSPS) is 16.6. The van der Waals surface area contributed by atoms with Gasteiger partial charge in [-0.2, -0.15) is 0 Å². The lowest BCUT2D eigenvalue weighted by molar-refractivity contribution is 0.0682. The molecule has 3 aliphatic heterocycles.